The van der Waals surface area contributed by atoms with Crippen molar-refractivity contribution in [3.05, 3.63) is 70.8 Å². The second-order valence-corrected chi connectivity index (χ2v) is 8.12. The van der Waals surface area contributed by atoms with Crippen LogP contribution in [-0.2, 0) is 6.42 Å². The van der Waals surface area contributed by atoms with Crippen LogP contribution in [0, 0.1) is 12.8 Å². The summed E-state index contributed by atoms with van der Waals surface area (Å²) in [6, 6.07) is 17.0. The minimum atomic E-state index is 0.345. The number of rotatable bonds is 3. The summed E-state index contributed by atoms with van der Waals surface area (Å²) in [6.07, 6.45) is 5.39. The maximum absolute atomic E-state index is 12.6. The molecule has 4 rings (SSSR count). The van der Waals surface area contributed by atoms with E-state index < -0.39 is 0 Å². The number of hydrogen-bond acceptors (Lipinski definition) is 2. The summed E-state index contributed by atoms with van der Waals surface area (Å²) in [5.41, 5.74) is 5.18. The lowest BCUT2D eigenvalue weighted by molar-refractivity contribution is 0.0941. The lowest BCUT2D eigenvalue weighted by Gasteiger charge is -2.34. The van der Waals surface area contributed by atoms with Gasteiger partial charge in [-0.2, -0.15) is 0 Å². The second kappa shape index (κ2) is 7.75. The lowest BCUT2D eigenvalue weighted by Crippen LogP contribution is -2.37. The molecule has 1 saturated heterocycles. The van der Waals surface area contributed by atoms with E-state index in [0.29, 0.717) is 24.0 Å². The van der Waals surface area contributed by atoms with Gasteiger partial charge in [-0.25, -0.2) is 0 Å². The average Bonchev–Trinajstić information content (AvgIpc) is 2.82. The predicted octanol–water partition coefficient (Wildman–Crippen LogP) is 5.01. The first-order chi connectivity index (χ1) is 12.7. The number of hydrogen-bond donors (Lipinski definition) is 0. The molecule has 0 saturated carbocycles. The Morgan fingerprint density at radius 3 is 2.50 bits per heavy atom. The van der Waals surface area contributed by atoms with Crippen molar-refractivity contribution in [2.45, 2.75) is 44.9 Å². The largest absolute Gasteiger partial charge is 0.303 e. The Morgan fingerprint density at radius 1 is 0.962 bits per heavy atom. The molecule has 0 N–H and O–H groups in total. The van der Waals surface area contributed by atoms with Gasteiger partial charge in [-0.05, 0) is 74.2 Å². The number of likely N-dealkylation sites (tertiary alicyclic amines) is 1. The molecule has 0 bridgehead atoms. The summed E-state index contributed by atoms with van der Waals surface area (Å²) in [4.78, 5) is 15.2. The zero-order chi connectivity index (χ0) is 17.9. The van der Waals surface area contributed by atoms with Gasteiger partial charge in [0.1, 0.15) is 0 Å². The van der Waals surface area contributed by atoms with Crippen LogP contribution in [-0.4, -0.2) is 30.3 Å². The molecule has 0 aromatic heterocycles. The average molecular weight is 348 g/mol. The number of fused-ring (bicyclic) bond motifs is 1. The highest BCUT2D eigenvalue weighted by Gasteiger charge is 2.27. The van der Waals surface area contributed by atoms with E-state index in [-0.39, 0.29) is 0 Å². The van der Waals surface area contributed by atoms with E-state index in [9.17, 15) is 4.79 Å². The molecule has 1 unspecified atom stereocenters. The number of ketones is 1. The van der Waals surface area contributed by atoms with Gasteiger partial charge in [0.2, 0.25) is 0 Å². The molecule has 2 aromatic carbocycles. The fourth-order valence-electron chi connectivity index (χ4n) is 4.84. The van der Waals surface area contributed by atoms with Gasteiger partial charge in [0.05, 0.1) is 0 Å². The Kier molecular flexibility index (Phi) is 5.21. The first-order valence-electron chi connectivity index (χ1n) is 10.1. The van der Waals surface area contributed by atoms with Crippen LogP contribution in [0.1, 0.15) is 58.6 Å². The van der Waals surface area contributed by atoms with Gasteiger partial charge < -0.3 is 4.90 Å². The van der Waals surface area contributed by atoms with Crippen molar-refractivity contribution in [1.82, 2.24) is 4.90 Å². The van der Waals surface area contributed by atoms with Crippen molar-refractivity contribution in [2.24, 2.45) is 5.92 Å². The molecule has 0 amide bonds. The second-order valence-electron chi connectivity index (χ2n) is 8.12. The van der Waals surface area contributed by atoms with Crippen LogP contribution in [0.2, 0.25) is 0 Å². The third-order valence-corrected chi connectivity index (χ3v) is 6.35. The fourth-order valence-corrected chi connectivity index (χ4v) is 4.84. The third-order valence-electron chi connectivity index (χ3n) is 6.35. The number of Topliss-reactive ketones (excluding diaryl/α,β-unsaturated/α-hetero) is 1. The van der Waals surface area contributed by atoms with Crippen molar-refractivity contribution in [1.29, 1.82) is 0 Å². The van der Waals surface area contributed by atoms with Crippen LogP contribution in [0.5, 0.6) is 0 Å². The Bertz CT molecular complexity index is 773. The van der Waals surface area contributed by atoms with E-state index in [2.05, 4.69) is 48.2 Å². The molecule has 1 aliphatic carbocycles. The summed E-state index contributed by atoms with van der Waals surface area (Å²) in [5, 5.41) is 0. The Labute approximate surface area is 157 Å². The molecule has 0 radical (unpaired) electrons. The SMILES string of the molecule is Cc1ccccc1C1CCN(CC2CCc3ccccc3C(=O)C2)CC1. The molecule has 0 spiro atoms. The van der Waals surface area contributed by atoms with Gasteiger partial charge in [0.25, 0.3) is 0 Å². The minimum Gasteiger partial charge on any atom is -0.303 e. The van der Waals surface area contributed by atoms with Crippen molar-refractivity contribution < 1.29 is 4.79 Å². The number of carbonyl (C=O) groups excluding carboxylic acids is 1. The molecule has 1 heterocycles. The molecule has 1 aliphatic heterocycles. The predicted molar refractivity (Wildman–Crippen MR) is 107 cm³/mol. The number of aryl methyl sites for hydroxylation is 2. The molecule has 136 valence electrons. The first-order valence-corrected chi connectivity index (χ1v) is 10.1. The normalized spacial score (nSPS) is 22.0. The van der Waals surface area contributed by atoms with Crippen LogP contribution in [0.3, 0.4) is 0 Å². The maximum Gasteiger partial charge on any atom is 0.163 e. The van der Waals surface area contributed by atoms with E-state index in [1.807, 2.05) is 12.1 Å². The van der Waals surface area contributed by atoms with Crippen LogP contribution < -0.4 is 0 Å². The lowest BCUT2D eigenvalue weighted by atomic mass is 9.86. The molecule has 1 fully saturated rings. The first kappa shape index (κ1) is 17.5. The van der Waals surface area contributed by atoms with E-state index in [1.165, 1.54) is 29.5 Å². The summed E-state index contributed by atoms with van der Waals surface area (Å²) in [5.74, 6) is 1.55. The number of piperidine rings is 1. The van der Waals surface area contributed by atoms with Gasteiger partial charge in [0, 0.05) is 18.5 Å². The Hall–Kier alpha value is -1.93. The van der Waals surface area contributed by atoms with Crippen LogP contribution in [0.25, 0.3) is 0 Å². The Morgan fingerprint density at radius 2 is 1.69 bits per heavy atom. The monoisotopic (exact) mass is 347 g/mol. The van der Waals surface area contributed by atoms with Crippen LogP contribution in [0.15, 0.2) is 48.5 Å². The maximum atomic E-state index is 12.6. The van der Waals surface area contributed by atoms with Gasteiger partial charge in [0.15, 0.2) is 5.78 Å². The molecule has 26 heavy (non-hydrogen) atoms. The molecule has 2 aromatic rings. The fraction of sp³-hybridized carbons (Fsp3) is 0.458. The third kappa shape index (κ3) is 3.76. The molecule has 1 atom stereocenters. The smallest absolute Gasteiger partial charge is 0.163 e. The van der Waals surface area contributed by atoms with Gasteiger partial charge in [-0.3, -0.25) is 4.79 Å². The standard InChI is InChI=1S/C24H29NO/c1-18-6-2-4-8-22(18)21-12-14-25(15-13-21)17-19-10-11-20-7-3-5-9-23(20)24(26)16-19/h2-9,19,21H,10-17H2,1H3. The van der Waals surface area contributed by atoms with E-state index in [1.54, 1.807) is 0 Å². The van der Waals surface area contributed by atoms with Crippen LogP contribution in [0.4, 0.5) is 0 Å². The quantitative estimate of drug-likeness (QED) is 0.728. The van der Waals surface area contributed by atoms with E-state index in [4.69, 9.17) is 0 Å². The van der Waals surface area contributed by atoms with E-state index >= 15 is 0 Å². The minimum absolute atomic E-state index is 0.345. The van der Waals surface area contributed by atoms with Gasteiger partial charge in [-0.1, -0.05) is 48.5 Å². The zero-order valence-corrected chi connectivity index (χ0v) is 15.8. The molecule has 2 heteroatoms. The van der Waals surface area contributed by atoms with Crippen molar-refractivity contribution in [2.75, 3.05) is 19.6 Å². The van der Waals surface area contributed by atoms with Crippen molar-refractivity contribution in [3.63, 3.8) is 0 Å². The molecule has 2 aliphatic rings. The topological polar surface area (TPSA) is 20.3 Å². The summed E-state index contributed by atoms with van der Waals surface area (Å²) in [7, 11) is 0. The van der Waals surface area contributed by atoms with Crippen LogP contribution >= 0.6 is 0 Å². The van der Waals surface area contributed by atoms with E-state index in [0.717, 1.165) is 38.0 Å². The van der Waals surface area contributed by atoms with Gasteiger partial charge in [-0.15, -0.1) is 0 Å². The Balaban J connectivity index is 1.34. The van der Waals surface area contributed by atoms with Crippen molar-refractivity contribution in [3.8, 4) is 0 Å². The zero-order valence-electron chi connectivity index (χ0n) is 15.8. The number of nitrogens with zero attached hydrogens (tertiary/aromatic N) is 1. The highest BCUT2D eigenvalue weighted by Crippen LogP contribution is 2.31. The van der Waals surface area contributed by atoms with Crippen molar-refractivity contribution >= 4 is 5.78 Å². The number of benzene rings is 2. The highest BCUT2D eigenvalue weighted by atomic mass is 16.1. The number of carbonyl (C=O) groups is 1. The summed E-state index contributed by atoms with van der Waals surface area (Å²) >= 11 is 0. The van der Waals surface area contributed by atoms with Gasteiger partial charge >= 0.3 is 0 Å². The molecular weight excluding hydrogens is 318 g/mol. The highest BCUT2D eigenvalue weighted by molar-refractivity contribution is 5.97. The molecule has 2 nitrogen and oxygen atoms in total. The summed E-state index contributed by atoms with van der Waals surface area (Å²) in [6.45, 7) is 5.64. The molecular formula is C24H29NO. The summed E-state index contributed by atoms with van der Waals surface area (Å²) < 4.78 is 0.